The molecule has 0 spiro atoms. The van der Waals surface area contributed by atoms with Gasteiger partial charge in [0.2, 0.25) is 5.91 Å². The Morgan fingerprint density at radius 2 is 0.718 bits per heavy atom. The van der Waals surface area contributed by atoms with Gasteiger partial charge in [0.05, 0.1) is 25.4 Å². The van der Waals surface area contributed by atoms with Gasteiger partial charge >= 0.3 is 5.97 Å². The van der Waals surface area contributed by atoms with Crippen molar-refractivity contribution >= 4 is 11.9 Å². The first-order valence-corrected chi connectivity index (χ1v) is 31.7. The van der Waals surface area contributed by atoms with Gasteiger partial charge in [-0.15, -0.1) is 0 Å². The van der Waals surface area contributed by atoms with E-state index in [1.807, 2.05) is 0 Å². The second kappa shape index (κ2) is 60.6. The second-order valence-electron chi connectivity index (χ2n) is 21.7. The summed E-state index contributed by atoms with van der Waals surface area (Å²) < 4.78 is 5.47. The molecule has 0 heterocycles. The zero-order valence-electron chi connectivity index (χ0n) is 47.7. The van der Waals surface area contributed by atoms with E-state index in [9.17, 15) is 19.8 Å². The number of amides is 1. The lowest BCUT2D eigenvalue weighted by molar-refractivity contribution is -0.143. The summed E-state index contributed by atoms with van der Waals surface area (Å²) in [5.74, 6) is -0.0580. The van der Waals surface area contributed by atoms with Crippen LogP contribution < -0.4 is 5.32 Å². The van der Waals surface area contributed by atoms with Gasteiger partial charge in [-0.1, -0.05) is 288 Å². The number of hydrogen-bond acceptors (Lipinski definition) is 5. The second-order valence-corrected chi connectivity index (χ2v) is 21.7. The first-order valence-electron chi connectivity index (χ1n) is 31.7. The number of nitrogens with one attached hydrogen (secondary N) is 1. The smallest absolute Gasteiger partial charge is 0.305 e. The number of ether oxygens (including phenoxy) is 1. The van der Waals surface area contributed by atoms with Crippen molar-refractivity contribution in [3.05, 3.63) is 36.5 Å². The average molecular weight is 999 g/mol. The summed E-state index contributed by atoms with van der Waals surface area (Å²) >= 11 is 0. The summed E-state index contributed by atoms with van der Waals surface area (Å²) in [6.45, 7) is 4.91. The van der Waals surface area contributed by atoms with Crippen LogP contribution in [0.2, 0.25) is 0 Å². The van der Waals surface area contributed by atoms with Gasteiger partial charge in [-0.2, -0.15) is 0 Å². The number of carbonyl (C=O) groups excluding carboxylic acids is 2. The minimum Gasteiger partial charge on any atom is -0.466 e. The quantitative estimate of drug-likeness (QED) is 0.0321. The minimum atomic E-state index is -0.675. The van der Waals surface area contributed by atoms with Crippen LogP contribution in [-0.4, -0.2) is 47.4 Å². The van der Waals surface area contributed by atoms with E-state index in [1.165, 1.54) is 238 Å². The van der Waals surface area contributed by atoms with Gasteiger partial charge < -0.3 is 20.3 Å². The fraction of sp³-hybridized carbons (Fsp3) is 0.877. The van der Waals surface area contributed by atoms with Gasteiger partial charge in [0.1, 0.15) is 0 Å². The largest absolute Gasteiger partial charge is 0.466 e. The number of esters is 1. The predicted molar refractivity (Wildman–Crippen MR) is 310 cm³/mol. The van der Waals surface area contributed by atoms with E-state index < -0.39 is 12.1 Å². The van der Waals surface area contributed by atoms with Crippen LogP contribution in [0.25, 0.3) is 0 Å². The van der Waals surface area contributed by atoms with Crippen LogP contribution in [0, 0.1) is 0 Å². The Balaban J connectivity index is 3.46. The molecule has 0 aromatic carbocycles. The van der Waals surface area contributed by atoms with Crippen molar-refractivity contribution in [1.29, 1.82) is 0 Å². The highest BCUT2D eigenvalue weighted by atomic mass is 16.5. The molecule has 1 amide bonds. The molecule has 418 valence electrons. The van der Waals surface area contributed by atoms with E-state index in [-0.39, 0.29) is 18.5 Å². The number of rotatable bonds is 59. The van der Waals surface area contributed by atoms with Crippen molar-refractivity contribution in [3.63, 3.8) is 0 Å². The molecular weight excluding hydrogens is 875 g/mol. The molecule has 3 N–H and O–H groups in total. The monoisotopic (exact) mass is 998 g/mol. The SMILES string of the molecule is CCCC/C=C\C/C=C\CCCCCCCC(=O)OCCCCCCCCCCC/C=C\CCCCCCCC(=O)NC(CO)C(O)CCCCCCCCCCCCCCCCCCCCCCCC. The molecule has 0 aromatic heterocycles. The minimum absolute atomic E-state index is 0.0113. The van der Waals surface area contributed by atoms with Crippen molar-refractivity contribution in [2.75, 3.05) is 13.2 Å². The van der Waals surface area contributed by atoms with E-state index in [4.69, 9.17) is 4.74 Å². The molecule has 6 nitrogen and oxygen atoms in total. The maximum absolute atomic E-state index is 12.5. The summed E-state index contributed by atoms with van der Waals surface area (Å²) in [5.41, 5.74) is 0. The van der Waals surface area contributed by atoms with Gasteiger partial charge in [0, 0.05) is 12.8 Å². The molecule has 6 heteroatoms. The fourth-order valence-corrected chi connectivity index (χ4v) is 9.77. The van der Waals surface area contributed by atoms with Crippen molar-refractivity contribution in [2.45, 2.75) is 353 Å². The number of carbonyl (C=O) groups is 2. The maximum Gasteiger partial charge on any atom is 0.305 e. The third-order valence-electron chi connectivity index (χ3n) is 14.7. The summed E-state index contributed by atoms with van der Waals surface area (Å²) in [7, 11) is 0. The van der Waals surface area contributed by atoms with Crippen LogP contribution in [-0.2, 0) is 14.3 Å². The number of aliphatic hydroxyl groups is 2. The van der Waals surface area contributed by atoms with Crippen LogP contribution in [0.1, 0.15) is 341 Å². The Kier molecular flexibility index (Phi) is 59.0. The topological polar surface area (TPSA) is 95.9 Å². The van der Waals surface area contributed by atoms with Crippen molar-refractivity contribution in [2.24, 2.45) is 0 Å². The number of aliphatic hydroxyl groups excluding tert-OH is 2. The van der Waals surface area contributed by atoms with E-state index in [2.05, 4.69) is 55.6 Å². The third kappa shape index (κ3) is 57.2. The highest BCUT2D eigenvalue weighted by molar-refractivity contribution is 5.76. The van der Waals surface area contributed by atoms with E-state index in [1.54, 1.807) is 0 Å². The normalized spacial score (nSPS) is 12.8. The molecule has 0 aliphatic heterocycles. The number of unbranched alkanes of at least 4 members (excludes halogenated alkanes) is 42. The first-order chi connectivity index (χ1) is 35.0. The molecule has 0 aliphatic carbocycles. The zero-order chi connectivity index (χ0) is 51.4. The average Bonchev–Trinajstić information content (AvgIpc) is 3.37. The summed E-state index contributed by atoms with van der Waals surface area (Å²) in [6, 6.07) is -0.553. The van der Waals surface area contributed by atoms with E-state index >= 15 is 0 Å². The Labute approximate surface area is 443 Å². The molecular formula is C65H123NO5. The summed E-state index contributed by atoms with van der Waals surface area (Å²) in [4.78, 5) is 24.6. The van der Waals surface area contributed by atoms with Crippen LogP contribution in [0.15, 0.2) is 36.5 Å². The molecule has 71 heavy (non-hydrogen) atoms. The van der Waals surface area contributed by atoms with Gasteiger partial charge in [-0.05, 0) is 77.0 Å². The fourth-order valence-electron chi connectivity index (χ4n) is 9.77. The van der Waals surface area contributed by atoms with Crippen molar-refractivity contribution in [3.8, 4) is 0 Å². The van der Waals surface area contributed by atoms with Crippen LogP contribution in [0.3, 0.4) is 0 Å². The Morgan fingerprint density at radius 1 is 0.394 bits per heavy atom. The molecule has 0 radical (unpaired) electrons. The van der Waals surface area contributed by atoms with Crippen LogP contribution in [0.5, 0.6) is 0 Å². The molecule has 0 saturated carbocycles. The molecule has 0 saturated heterocycles. The van der Waals surface area contributed by atoms with Gasteiger partial charge in [-0.3, -0.25) is 9.59 Å². The highest BCUT2D eigenvalue weighted by Gasteiger charge is 2.20. The van der Waals surface area contributed by atoms with Crippen molar-refractivity contribution in [1.82, 2.24) is 5.32 Å². The Bertz CT molecular complexity index is 1150. The van der Waals surface area contributed by atoms with Crippen LogP contribution in [0.4, 0.5) is 0 Å². The maximum atomic E-state index is 12.5. The first kappa shape index (κ1) is 69.1. The molecule has 0 aromatic rings. The molecule has 2 atom stereocenters. The zero-order valence-corrected chi connectivity index (χ0v) is 47.7. The summed E-state index contributed by atoms with van der Waals surface area (Å²) in [5, 5.41) is 23.4. The summed E-state index contributed by atoms with van der Waals surface area (Å²) in [6.07, 6.45) is 75.8. The lowest BCUT2D eigenvalue weighted by atomic mass is 10.0. The lowest BCUT2D eigenvalue weighted by Gasteiger charge is -2.22. The number of hydrogen-bond donors (Lipinski definition) is 3. The molecule has 0 rings (SSSR count). The lowest BCUT2D eigenvalue weighted by Crippen LogP contribution is -2.45. The van der Waals surface area contributed by atoms with Gasteiger partial charge in [0.15, 0.2) is 0 Å². The third-order valence-corrected chi connectivity index (χ3v) is 14.7. The molecule has 2 unspecified atom stereocenters. The van der Waals surface area contributed by atoms with E-state index in [0.717, 1.165) is 70.6 Å². The van der Waals surface area contributed by atoms with E-state index in [0.29, 0.717) is 25.9 Å². The highest BCUT2D eigenvalue weighted by Crippen LogP contribution is 2.18. The molecule has 0 fully saturated rings. The van der Waals surface area contributed by atoms with Crippen molar-refractivity contribution < 1.29 is 24.5 Å². The predicted octanol–water partition coefficient (Wildman–Crippen LogP) is 20.0. The van der Waals surface area contributed by atoms with Gasteiger partial charge in [-0.25, -0.2) is 0 Å². The van der Waals surface area contributed by atoms with Crippen LogP contribution >= 0.6 is 0 Å². The van der Waals surface area contributed by atoms with Gasteiger partial charge in [0.25, 0.3) is 0 Å². The Morgan fingerprint density at radius 3 is 1.13 bits per heavy atom. The Hall–Kier alpha value is -1.92. The standard InChI is InChI=1S/C65H123NO5/c1-3-5-7-9-11-13-15-17-19-20-21-22-23-24-27-30-33-37-41-45-49-53-57-63(68)62(61-67)66-64(69)58-54-50-46-42-38-34-31-28-25-26-29-32-36-40-44-48-52-56-60-71-65(70)59-55-51-47-43-39-35-18-16-14-12-10-8-6-4-2/h10,12,16,18,28,31,62-63,67-68H,3-9,11,13-15,17,19-27,29-30,32-61H2,1-2H3,(H,66,69)/b12-10-,18-16-,31-28-. The molecule has 0 bridgehead atoms. The number of allylic oxidation sites excluding steroid dienone is 6. The molecule has 0 aliphatic rings.